The molecular formula is C23H19N7O3. The van der Waals surface area contributed by atoms with Crippen LogP contribution in [0.4, 0.5) is 5.69 Å². The van der Waals surface area contributed by atoms with Crippen LogP contribution >= 0.6 is 0 Å². The van der Waals surface area contributed by atoms with E-state index in [4.69, 9.17) is 0 Å². The van der Waals surface area contributed by atoms with E-state index in [9.17, 15) is 14.9 Å². The summed E-state index contributed by atoms with van der Waals surface area (Å²) >= 11 is 0. The Morgan fingerprint density at radius 1 is 1.00 bits per heavy atom. The first-order valence-electron chi connectivity index (χ1n) is 10.0. The van der Waals surface area contributed by atoms with Crippen LogP contribution in [0.1, 0.15) is 28.4 Å². The summed E-state index contributed by atoms with van der Waals surface area (Å²) in [6, 6.07) is 22.5. The Kier molecular flexibility index (Phi) is 6.26. The number of nitro benzene ring substituents is 1. The van der Waals surface area contributed by atoms with E-state index in [1.165, 1.54) is 16.9 Å². The standard InChI is InChI=1S/C23H19N7O3/c1-16(18-11-13-21(14-12-18)30(32)33)24-26-23(31)20-9-7-17(8-10-20)15-29-27-22(25-28-29)19-5-3-2-4-6-19/h2-14H,15H2,1H3,(H,26,31)/b24-16-. The highest BCUT2D eigenvalue weighted by Crippen LogP contribution is 2.14. The maximum atomic E-state index is 12.4. The molecule has 0 spiro atoms. The Morgan fingerprint density at radius 3 is 2.33 bits per heavy atom. The maximum absolute atomic E-state index is 12.4. The monoisotopic (exact) mass is 441 g/mol. The van der Waals surface area contributed by atoms with Crippen molar-refractivity contribution < 1.29 is 9.72 Å². The summed E-state index contributed by atoms with van der Waals surface area (Å²) in [7, 11) is 0. The molecule has 10 heteroatoms. The van der Waals surface area contributed by atoms with Crippen molar-refractivity contribution in [2.45, 2.75) is 13.5 Å². The zero-order chi connectivity index (χ0) is 23.2. The van der Waals surface area contributed by atoms with E-state index in [1.54, 1.807) is 31.2 Å². The summed E-state index contributed by atoms with van der Waals surface area (Å²) in [5.41, 5.74) is 5.94. The molecule has 164 valence electrons. The minimum Gasteiger partial charge on any atom is -0.267 e. The molecule has 3 aromatic carbocycles. The topological polar surface area (TPSA) is 128 Å². The first kappa shape index (κ1) is 21.5. The number of rotatable bonds is 7. The number of hydrogen-bond acceptors (Lipinski definition) is 7. The minimum absolute atomic E-state index is 0.00643. The second-order valence-electron chi connectivity index (χ2n) is 7.15. The number of nitrogens with one attached hydrogen (secondary N) is 1. The molecule has 0 bridgehead atoms. The van der Waals surface area contributed by atoms with Gasteiger partial charge >= 0.3 is 0 Å². The van der Waals surface area contributed by atoms with Gasteiger partial charge in [-0.3, -0.25) is 14.9 Å². The van der Waals surface area contributed by atoms with Crippen molar-refractivity contribution in [3.63, 3.8) is 0 Å². The van der Waals surface area contributed by atoms with Crippen LogP contribution in [0.5, 0.6) is 0 Å². The lowest BCUT2D eigenvalue weighted by atomic mass is 10.1. The summed E-state index contributed by atoms with van der Waals surface area (Å²) in [6.07, 6.45) is 0. The Hall–Kier alpha value is -4.73. The number of hydrogen-bond donors (Lipinski definition) is 1. The van der Waals surface area contributed by atoms with Crippen molar-refractivity contribution in [2.24, 2.45) is 5.10 Å². The van der Waals surface area contributed by atoms with E-state index >= 15 is 0 Å². The predicted octanol–water partition coefficient (Wildman–Crippen LogP) is 3.45. The number of nitro groups is 1. The van der Waals surface area contributed by atoms with E-state index in [1.807, 2.05) is 42.5 Å². The average Bonchev–Trinajstić information content (AvgIpc) is 3.32. The van der Waals surface area contributed by atoms with E-state index in [-0.39, 0.29) is 11.6 Å². The molecule has 1 heterocycles. The number of amides is 1. The smallest absolute Gasteiger partial charge is 0.267 e. The quantitative estimate of drug-likeness (QED) is 0.266. The molecule has 0 saturated heterocycles. The Balaban J connectivity index is 1.36. The van der Waals surface area contributed by atoms with Crippen molar-refractivity contribution in [1.29, 1.82) is 0 Å². The number of benzene rings is 3. The molecule has 1 aromatic heterocycles. The molecule has 10 nitrogen and oxygen atoms in total. The third-order valence-corrected chi connectivity index (χ3v) is 4.85. The zero-order valence-electron chi connectivity index (χ0n) is 17.6. The molecule has 4 aromatic rings. The molecule has 0 radical (unpaired) electrons. The molecule has 0 unspecified atom stereocenters. The zero-order valence-corrected chi connectivity index (χ0v) is 17.6. The third-order valence-electron chi connectivity index (χ3n) is 4.85. The lowest BCUT2D eigenvalue weighted by molar-refractivity contribution is -0.384. The largest absolute Gasteiger partial charge is 0.271 e. The molecule has 4 rings (SSSR count). The van der Waals surface area contributed by atoms with E-state index in [0.29, 0.717) is 29.2 Å². The van der Waals surface area contributed by atoms with E-state index < -0.39 is 4.92 Å². The first-order valence-corrected chi connectivity index (χ1v) is 10.0. The van der Waals surface area contributed by atoms with Crippen LogP contribution in [0, 0.1) is 10.1 Å². The van der Waals surface area contributed by atoms with Crippen LogP contribution in [0.2, 0.25) is 0 Å². The number of nitrogens with zero attached hydrogens (tertiary/aromatic N) is 6. The summed E-state index contributed by atoms with van der Waals surface area (Å²) in [4.78, 5) is 24.2. The summed E-state index contributed by atoms with van der Waals surface area (Å²) in [5.74, 6) is 0.181. The molecule has 0 fully saturated rings. The van der Waals surface area contributed by atoms with Crippen molar-refractivity contribution in [1.82, 2.24) is 25.6 Å². The normalized spacial score (nSPS) is 11.2. The fourth-order valence-corrected chi connectivity index (χ4v) is 3.03. The second kappa shape index (κ2) is 9.60. The van der Waals surface area contributed by atoms with Gasteiger partial charge in [-0.25, -0.2) is 5.43 Å². The van der Waals surface area contributed by atoms with E-state index in [0.717, 1.165) is 11.1 Å². The van der Waals surface area contributed by atoms with Gasteiger partial charge in [-0.2, -0.15) is 9.90 Å². The number of aromatic nitrogens is 4. The van der Waals surface area contributed by atoms with Gasteiger partial charge in [-0.15, -0.1) is 10.2 Å². The molecule has 1 N–H and O–H groups in total. The number of hydrazone groups is 1. The van der Waals surface area contributed by atoms with Crippen LogP contribution in [-0.2, 0) is 6.54 Å². The van der Waals surface area contributed by atoms with Crippen LogP contribution < -0.4 is 5.43 Å². The van der Waals surface area contributed by atoms with Gasteiger partial charge in [0.25, 0.3) is 11.6 Å². The summed E-state index contributed by atoms with van der Waals surface area (Å²) in [5, 5.41) is 27.4. The molecule has 1 amide bonds. The second-order valence-corrected chi connectivity index (χ2v) is 7.15. The number of carbonyl (C=O) groups is 1. The molecule has 0 aliphatic carbocycles. The Bertz CT molecular complexity index is 1300. The van der Waals surface area contributed by atoms with E-state index in [2.05, 4.69) is 25.9 Å². The van der Waals surface area contributed by atoms with Gasteiger partial charge in [0, 0.05) is 23.3 Å². The van der Waals surface area contributed by atoms with Crippen molar-refractivity contribution in [3.8, 4) is 11.4 Å². The molecular weight excluding hydrogens is 422 g/mol. The van der Waals surface area contributed by atoms with Gasteiger partial charge in [0.1, 0.15) is 0 Å². The molecule has 0 atom stereocenters. The summed E-state index contributed by atoms with van der Waals surface area (Å²) < 4.78 is 0. The van der Waals surface area contributed by atoms with Crippen LogP contribution in [0.3, 0.4) is 0 Å². The lowest BCUT2D eigenvalue weighted by Crippen LogP contribution is -2.19. The molecule has 0 aliphatic heterocycles. The number of carbonyl (C=O) groups excluding carboxylic acids is 1. The predicted molar refractivity (Wildman–Crippen MR) is 122 cm³/mol. The fourth-order valence-electron chi connectivity index (χ4n) is 3.03. The number of non-ortho nitro benzene ring substituents is 1. The Labute approximate surface area is 188 Å². The van der Waals surface area contributed by atoms with Crippen molar-refractivity contribution in [3.05, 3.63) is 106 Å². The molecule has 0 aliphatic rings. The molecule has 0 saturated carbocycles. The summed E-state index contributed by atoms with van der Waals surface area (Å²) in [6.45, 7) is 2.12. The van der Waals surface area contributed by atoms with Crippen LogP contribution in [0.25, 0.3) is 11.4 Å². The lowest BCUT2D eigenvalue weighted by Gasteiger charge is -2.05. The Morgan fingerprint density at radius 2 is 1.67 bits per heavy atom. The van der Waals surface area contributed by atoms with Crippen LogP contribution in [0.15, 0.2) is 84.0 Å². The van der Waals surface area contributed by atoms with Gasteiger partial charge in [-0.05, 0) is 47.5 Å². The highest BCUT2D eigenvalue weighted by Gasteiger charge is 2.09. The maximum Gasteiger partial charge on any atom is 0.271 e. The fraction of sp³-hybridized carbons (Fsp3) is 0.0870. The SMILES string of the molecule is C/C(=N/NC(=O)c1ccc(Cn2nnc(-c3ccccc3)n2)cc1)c1ccc([N+](=O)[O-])cc1. The van der Waals surface area contributed by atoms with Crippen LogP contribution in [-0.4, -0.2) is 36.7 Å². The highest BCUT2D eigenvalue weighted by molar-refractivity contribution is 6.01. The van der Waals surface area contributed by atoms with Gasteiger partial charge < -0.3 is 0 Å². The minimum atomic E-state index is -0.469. The third kappa shape index (κ3) is 5.31. The van der Waals surface area contributed by atoms with Gasteiger partial charge in [0.05, 0.1) is 17.2 Å². The van der Waals surface area contributed by atoms with Crippen molar-refractivity contribution >= 4 is 17.3 Å². The van der Waals surface area contributed by atoms with Crippen molar-refractivity contribution in [2.75, 3.05) is 0 Å². The highest BCUT2D eigenvalue weighted by atomic mass is 16.6. The van der Waals surface area contributed by atoms with Gasteiger partial charge in [0.2, 0.25) is 5.82 Å². The average molecular weight is 441 g/mol. The van der Waals surface area contributed by atoms with Gasteiger partial charge in [0.15, 0.2) is 0 Å². The number of tetrazole rings is 1. The molecule has 33 heavy (non-hydrogen) atoms. The van der Waals surface area contributed by atoms with Gasteiger partial charge in [-0.1, -0.05) is 42.5 Å². The first-order chi connectivity index (χ1) is 16.0.